The average molecular weight is 366 g/mol. The molecule has 0 spiro atoms. The van der Waals surface area contributed by atoms with E-state index < -0.39 is 0 Å². The van der Waals surface area contributed by atoms with E-state index in [2.05, 4.69) is 24.1 Å². The van der Waals surface area contributed by atoms with Crippen LogP contribution in [0.1, 0.15) is 47.2 Å². The van der Waals surface area contributed by atoms with Gasteiger partial charge in [-0.3, -0.25) is 4.79 Å². The molecular formula is C15H25Cl2N3OS. The van der Waals surface area contributed by atoms with Gasteiger partial charge in [-0.25, -0.2) is 4.98 Å². The zero-order valence-electron chi connectivity index (χ0n) is 13.1. The largest absolute Gasteiger partial charge is 0.341 e. The molecule has 1 N–H and O–H groups in total. The summed E-state index contributed by atoms with van der Waals surface area (Å²) in [5, 5.41) is 4.54. The van der Waals surface area contributed by atoms with Crippen molar-refractivity contribution in [3.8, 4) is 0 Å². The summed E-state index contributed by atoms with van der Waals surface area (Å²) < 4.78 is 0. The number of carbonyl (C=O) groups is 1. The fraction of sp³-hybridized carbons (Fsp3) is 0.733. The van der Waals surface area contributed by atoms with Crippen LogP contribution < -0.4 is 5.32 Å². The Hall–Kier alpha value is -0.360. The molecule has 7 heteroatoms. The molecule has 3 heterocycles. The molecule has 2 fully saturated rings. The molecule has 3 rings (SSSR count). The molecule has 0 radical (unpaired) electrons. The predicted octanol–water partition coefficient (Wildman–Crippen LogP) is 3.06. The molecule has 1 aromatic rings. The zero-order valence-corrected chi connectivity index (χ0v) is 15.6. The number of piperidine rings is 1. The third kappa shape index (κ3) is 4.13. The van der Waals surface area contributed by atoms with E-state index >= 15 is 0 Å². The van der Waals surface area contributed by atoms with Crippen molar-refractivity contribution in [3.05, 3.63) is 15.6 Å². The lowest BCUT2D eigenvalue weighted by Crippen LogP contribution is -2.47. The molecule has 22 heavy (non-hydrogen) atoms. The first-order chi connectivity index (χ1) is 9.65. The van der Waals surface area contributed by atoms with Gasteiger partial charge in [0.15, 0.2) is 0 Å². The van der Waals surface area contributed by atoms with Crippen LogP contribution in [0.4, 0.5) is 0 Å². The maximum absolute atomic E-state index is 12.5. The zero-order chi connectivity index (χ0) is 14.1. The minimum Gasteiger partial charge on any atom is -0.341 e. The average Bonchev–Trinajstić information content (AvgIpc) is 3.09. The van der Waals surface area contributed by atoms with Crippen LogP contribution in [0.25, 0.3) is 0 Å². The highest BCUT2D eigenvalue weighted by Crippen LogP contribution is 2.31. The summed E-state index contributed by atoms with van der Waals surface area (Å²) in [5.74, 6) is 0.740. The molecule has 0 saturated carbocycles. The molecule has 4 nitrogen and oxygen atoms in total. The third-order valence-corrected chi connectivity index (χ3v) is 5.72. The number of nitrogens with one attached hydrogen (secondary N) is 1. The highest BCUT2D eigenvalue weighted by molar-refractivity contribution is 7.11. The summed E-state index contributed by atoms with van der Waals surface area (Å²) in [5.41, 5.74) is 1.14. The number of thiazole rings is 1. The van der Waals surface area contributed by atoms with E-state index in [1.807, 2.05) is 0 Å². The quantitative estimate of drug-likeness (QED) is 0.875. The molecule has 1 aromatic heterocycles. The van der Waals surface area contributed by atoms with Crippen molar-refractivity contribution in [1.29, 1.82) is 0 Å². The number of amides is 1. The Bertz CT molecular complexity index is 483. The van der Waals surface area contributed by atoms with Gasteiger partial charge in [0, 0.05) is 23.9 Å². The van der Waals surface area contributed by atoms with Crippen LogP contribution in [-0.2, 0) is 4.79 Å². The van der Waals surface area contributed by atoms with Crippen LogP contribution >= 0.6 is 36.2 Å². The van der Waals surface area contributed by atoms with Crippen LogP contribution in [0.5, 0.6) is 0 Å². The van der Waals surface area contributed by atoms with Gasteiger partial charge in [0.2, 0.25) is 5.91 Å². The molecule has 126 valence electrons. The van der Waals surface area contributed by atoms with Crippen molar-refractivity contribution in [2.45, 2.75) is 51.5 Å². The second kappa shape index (κ2) is 8.48. The summed E-state index contributed by atoms with van der Waals surface area (Å²) >= 11 is 1.80. The molecule has 0 bridgehead atoms. The van der Waals surface area contributed by atoms with E-state index in [9.17, 15) is 4.79 Å². The fourth-order valence-electron chi connectivity index (χ4n) is 3.17. The summed E-state index contributed by atoms with van der Waals surface area (Å²) in [6, 6.07) is 0.0634. The predicted molar refractivity (Wildman–Crippen MR) is 95.7 cm³/mol. The number of rotatable bonds is 2. The second-order valence-electron chi connectivity index (χ2n) is 5.97. The van der Waals surface area contributed by atoms with Crippen molar-refractivity contribution in [3.63, 3.8) is 0 Å². The van der Waals surface area contributed by atoms with Gasteiger partial charge in [0.05, 0.1) is 16.7 Å². The topological polar surface area (TPSA) is 45.2 Å². The van der Waals surface area contributed by atoms with E-state index in [0.717, 1.165) is 51.0 Å². The minimum atomic E-state index is 0. The molecule has 2 saturated heterocycles. The summed E-state index contributed by atoms with van der Waals surface area (Å²) in [6.45, 7) is 6.95. The van der Waals surface area contributed by atoms with Gasteiger partial charge in [0.1, 0.15) is 0 Å². The van der Waals surface area contributed by atoms with Gasteiger partial charge < -0.3 is 10.2 Å². The van der Waals surface area contributed by atoms with Crippen LogP contribution in [-0.4, -0.2) is 41.5 Å². The normalized spacial score (nSPS) is 24.5. The number of hydrogen-bond donors (Lipinski definition) is 1. The lowest BCUT2D eigenvalue weighted by Gasteiger charge is -2.33. The number of nitrogens with zero attached hydrogens (tertiary/aromatic N) is 2. The van der Waals surface area contributed by atoms with Gasteiger partial charge in [0.25, 0.3) is 0 Å². The standard InChI is InChI=1S/C15H23N3OS.2ClH/c1-10-11(2)20-14(17-10)12-5-4-8-18(9-12)15(19)13-6-3-7-16-13;;/h12-13,16H,3-9H2,1-2H3;2*1H. The minimum absolute atomic E-state index is 0. The van der Waals surface area contributed by atoms with Gasteiger partial charge in [-0.15, -0.1) is 36.2 Å². The van der Waals surface area contributed by atoms with E-state index in [4.69, 9.17) is 4.98 Å². The lowest BCUT2D eigenvalue weighted by atomic mass is 9.98. The van der Waals surface area contributed by atoms with Crippen molar-refractivity contribution >= 4 is 42.1 Å². The maximum Gasteiger partial charge on any atom is 0.239 e. The van der Waals surface area contributed by atoms with E-state index in [-0.39, 0.29) is 30.9 Å². The number of aromatic nitrogens is 1. The van der Waals surface area contributed by atoms with E-state index in [0.29, 0.717) is 11.8 Å². The third-order valence-electron chi connectivity index (χ3n) is 4.49. The molecule has 0 aromatic carbocycles. The Balaban J connectivity index is 0.00000121. The van der Waals surface area contributed by atoms with Crippen LogP contribution in [0.2, 0.25) is 0 Å². The Morgan fingerprint density at radius 3 is 2.64 bits per heavy atom. The maximum atomic E-state index is 12.5. The van der Waals surface area contributed by atoms with Crippen LogP contribution in [0.3, 0.4) is 0 Å². The highest BCUT2D eigenvalue weighted by atomic mass is 35.5. The monoisotopic (exact) mass is 365 g/mol. The molecule has 2 atom stereocenters. The van der Waals surface area contributed by atoms with Crippen molar-refractivity contribution < 1.29 is 4.79 Å². The number of likely N-dealkylation sites (tertiary alicyclic amines) is 1. The van der Waals surface area contributed by atoms with Gasteiger partial charge in [-0.2, -0.15) is 0 Å². The summed E-state index contributed by atoms with van der Waals surface area (Å²) in [4.78, 5) is 20.6. The number of carbonyl (C=O) groups excluding carboxylic acids is 1. The van der Waals surface area contributed by atoms with Crippen molar-refractivity contribution in [1.82, 2.24) is 15.2 Å². The van der Waals surface area contributed by atoms with E-state index in [1.54, 1.807) is 11.3 Å². The molecule has 2 unspecified atom stereocenters. The second-order valence-corrected chi connectivity index (χ2v) is 7.20. The molecule has 1 amide bonds. The Kier molecular flexibility index (Phi) is 7.59. The van der Waals surface area contributed by atoms with Crippen LogP contribution in [0, 0.1) is 13.8 Å². The molecule has 2 aliphatic heterocycles. The first kappa shape index (κ1) is 19.7. The Morgan fingerprint density at radius 1 is 1.27 bits per heavy atom. The summed E-state index contributed by atoms with van der Waals surface area (Å²) in [7, 11) is 0. The Labute approximate surface area is 148 Å². The van der Waals surface area contributed by atoms with Crippen LogP contribution in [0.15, 0.2) is 0 Å². The molecule has 0 aliphatic carbocycles. The van der Waals surface area contributed by atoms with E-state index in [1.165, 1.54) is 9.88 Å². The highest BCUT2D eigenvalue weighted by Gasteiger charge is 2.31. The molecular weight excluding hydrogens is 341 g/mol. The van der Waals surface area contributed by atoms with Gasteiger partial charge in [-0.05, 0) is 46.1 Å². The van der Waals surface area contributed by atoms with Gasteiger partial charge in [-0.1, -0.05) is 0 Å². The number of aryl methyl sites for hydroxylation is 2. The number of hydrogen-bond acceptors (Lipinski definition) is 4. The first-order valence-electron chi connectivity index (χ1n) is 7.61. The molecule has 2 aliphatic rings. The van der Waals surface area contributed by atoms with Gasteiger partial charge >= 0.3 is 0 Å². The lowest BCUT2D eigenvalue weighted by molar-refractivity contribution is -0.134. The summed E-state index contributed by atoms with van der Waals surface area (Å²) in [6.07, 6.45) is 4.38. The number of halogens is 2. The van der Waals surface area contributed by atoms with Crippen molar-refractivity contribution in [2.75, 3.05) is 19.6 Å². The fourth-order valence-corrected chi connectivity index (χ4v) is 4.22. The Morgan fingerprint density at radius 2 is 2.05 bits per heavy atom. The first-order valence-corrected chi connectivity index (χ1v) is 8.43. The van der Waals surface area contributed by atoms with Crippen molar-refractivity contribution in [2.24, 2.45) is 0 Å². The smallest absolute Gasteiger partial charge is 0.239 e. The SMILES string of the molecule is Cc1nc(C2CCCN(C(=O)C3CCCN3)C2)sc1C.Cl.Cl.